The number of aliphatic hydroxyl groups is 1. The molecule has 100 valence electrons. The van der Waals surface area contributed by atoms with E-state index in [4.69, 9.17) is 5.11 Å². The molecule has 0 aromatic heterocycles. The number of carbonyl (C=O) groups excluding carboxylic acids is 2. The number of rotatable bonds is 9. The van der Waals surface area contributed by atoms with Gasteiger partial charge in [0.05, 0.1) is 7.11 Å². The molecule has 0 radical (unpaired) electrons. The van der Waals surface area contributed by atoms with Gasteiger partial charge in [-0.15, -0.1) is 0 Å². The Hall–Kier alpha value is -0.550. The number of hydrogen-bond acceptors (Lipinski definition) is 5. The number of hydrogen-bond donors (Lipinski definition) is 1. The van der Waals surface area contributed by atoms with Gasteiger partial charge in [0.25, 0.3) is 0 Å². The second-order valence-corrected chi connectivity index (χ2v) is 5.16. The highest BCUT2D eigenvalue weighted by molar-refractivity contribution is 8.14. The molecule has 0 rings (SSSR count). The molecule has 0 aromatic carbocycles. The van der Waals surface area contributed by atoms with Crippen LogP contribution in [0.3, 0.4) is 0 Å². The van der Waals surface area contributed by atoms with Gasteiger partial charge in [-0.25, -0.2) is 0 Å². The monoisotopic (exact) mass is 262 g/mol. The summed E-state index contributed by atoms with van der Waals surface area (Å²) in [6.07, 6.45) is 4.09. The first-order valence-electron chi connectivity index (χ1n) is 6.01. The van der Waals surface area contributed by atoms with E-state index in [1.807, 2.05) is 6.92 Å². The van der Waals surface area contributed by atoms with Crippen LogP contribution < -0.4 is 0 Å². The lowest BCUT2D eigenvalue weighted by molar-refractivity contribution is -0.140. The fourth-order valence-corrected chi connectivity index (χ4v) is 2.47. The average Bonchev–Trinajstić information content (AvgIpc) is 2.34. The maximum Gasteiger partial charge on any atom is 0.305 e. The topological polar surface area (TPSA) is 63.6 Å². The van der Waals surface area contributed by atoms with Gasteiger partial charge >= 0.3 is 5.97 Å². The molecule has 0 fully saturated rings. The highest BCUT2D eigenvalue weighted by Crippen LogP contribution is 2.22. The molecule has 17 heavy (non-hydrogen) atoms. The summed E-state index contributed by atoms with van der Waals surface area (Å²) >= 11 is 1.32. The predicted molar refractivity (Wildman–Crippen MR) is 68.9 cm³/mol. The number of aliphatic hydroxyl groups excluding tert-OH is 1. The van der Waals surface area contributed by atoms with E-state index in [2.05, 4.69) is 4.74 Å². The number of methoxy groups -OCH3 is 1. The van der Waals surface area contributed by atoms with E-state index in [1.165, 1.54) is 18.9 Å². The third-order valence-electron chi connectivity index (χ3n) is 2.42. The Morgan fingerprint density at radius 3 is 2.53 bits per heavy atom. The van der Waals surface area contributed by atoms with Crippen molar-refractivity contribution in [2.24, 2.45) is 0 Å². The first kappa shape index (κ1) is 16.4. The van der Waals surface area contributed by atoms with E-state index in [1.54, 1.807) is 0 Å². The van der Waals surface area contributed by atoms with Crippen molar-refractivity contribution in [3.63, 3.8) is 0 Å². The summed E-state index contributed by atoms with van der Waals surface area (Å²) in [5.74, 6) is -0.194. The second kappa shape index (κ2) is 10.6. The summed E-state index contributed by atoms with van der Waals surface area (Å²) in [5, 5.41) is 9.24. The van der Waals surface area contributed by atoms with Crippen LogP contribution in [0.4, 0.5) is 0 Å². The molecular formula is C12H22O4S. The Labute approximate surface area is 107 Å². The quantitative estimate of drug-likeness (QED) is 0.509. The second-order valence-electron chi connectivity index (χ2n) is 3.80. The Kier molecular flexibility index (Phi) is 10.3. The van der Waals surface area contributed by atoms with Crippen LogP contribution in [0.1, 0.15) is 45.4 Å². The first-order valence-corrected chi connectivity index (χ1v) is 6.89. The molecule has 0 aliphatic rings. The fraction of sp³-hybridized carbons (Fsp3) is 0.833. The van der Waals surface area contributed by atoms with Gasteiger partial charge in [0.2, 0.25) is 0 Å². The van der Waals surface area contributed by atoms with Crippen LogP contribution >= 0.6 is 11.8 Å². The standard InChI is InChI=1S/C12H22O4S/c1-3-12(15)17-10(8-9-13)6-4-5-7-11(14)16-2/h10,13H,3-9H2,1-2H3. The van der Waals surface area contributed by atoms with Crippen molar-refractivity contribution in [1.82, 2.24) is 0 Å². The summed E-state index contributed by atoms with van der Waals surface area (Å²) in [6.45, 7) is 1.94. The zero-order valence-corrected chi connectivity index (χ0v) is 11.4. The van der Waals surface area contributed by atoms with Crippen molar-refractivity contribution in [3.05, 3.63) is 0 Å². The van der Waals surface area contributed by atoms with E-state index < -0.39 is 0 Å². The van der Waals surface area contributed by atoms with Gasteiger partial charge in [-0.05, 0) is 19.3 Å². The number of unbranched alkanes of at least 4 members (excludes halogenated alkanes) is 1. The van der Waals surface area contributed by atoms with Crippen molar-refractivity contribution >= 4 is 22.8 Å². The highest BCUT2D eigenvalue weighted by atomic mass is 32.2. The van der Waals surface area contributed by atoms with Crippen LogP contribution in [-0.4, -0.2) is 35.2 Å². The zero-order chi connectivity index (χ0) is 13.1. The van der Waals surface area contributed by atoms with Gasteiger partial charge < -0.3 is 9.84 Å². The smallest absolute Gasteiger partial charge is 0.305 e. The maximum absolute atomic E-state index is 11.3. The molecule has 4 nitrogen and oxygen atoms in total. The van der Waals surface area contributed by atoms with E-state index in [0.29, 0.717) is 19.3 Å². The van der Waals surface area contributed by atoms with Crippen LogP contribution in [0, 0.1) is 0 Å². The molecule has 0 aliphatic carbocycles. The van der Waals surface area contributed by atoms with Crippen molar-refractivity contribution in [1.29, 1.82) is 0 Å². The summed E-state index contributed by atoms with van der Waals surface area (Å²) in [5.41, 5.74) is 0. The van der Waals surface area contributed by atoms with Gasteiger partial charge in [-0.2, -0.15) is 0 Å². The first-order chi connectivity index (χ1) is 8.13. The molecule has 0 aromatic rings. The van der Waals surface area contributed by atoms with Crippen molar-refractivity contribution in [3.8, 4) is 0 Å². The molecule has 0 amide bonds. The van der Waals surface area contributed by atoms with Gasteiger partial charge in [0.15, 0.2) is 5.12 Å². The Morgan fingerprint density at radius 2 is 2.00 bits per heavy atom. The third kappa shape index (κ3) is 9.18. The number of ether oxygens (including phenoxy) is 1. The molecular weight excluding hydrogens is 240 g/mol. The number of thioether (sulfide) groups is 1. The molecule has 0 heterocycles. The third-order valence-corrected chi connectivity index (χ3v) is 3.78. The van der Waals surface area contributed by atoms with E-state index in [-0.39, 0.29) is 22.9 Å². The number of carbonyl (C=O) groups is 2. The van der Waals surface area contributed by atoms with Crippen LogP contribution in [0.15, 0.2) is 0 Å². The molecule has 0 aliphatic heterocycles. The van der Waals surface area contributed by atoms with Crippen molar-refractivity contribution in [2.75, 3.05) is 13.7 Å². The molecule has 0 saturated heterocycles. The van der Waals surface area contributed by atoms with Crippen LogP contribution in [-0.2, 0) is 14.3 Å². The molecule has 0 saturated carbocycles. The molecule has 0 spiro atoms. The molecule has 0 bridgehead atoms. The zero-order valence-electron chi connectivity index (χ0n) is 10.6. The lowest BCUT2D eigenvalue weighted by Gasteiger charge is -2.13. The van der Waals surface area contributed by atoms with Gasteiger partial charge in [-0.1, -0.05) is 25.1 Å². The molecule has 1 atom stereocenters. The van der Waals surface area contributed by atoms with E-state index in [9.17, 15) is 9.59 Å². The highest BCUT2D eigenvalue weighted by Gasteiger charge is 2.13. The minimum atomic E-state index is -0.194. The Bertz CT molecular complexity index is 231. The molecule has 1 unspecified atom stereocenters. The lowest BCUT2D eigenvalue weighted by Crippen LogP contribution is -2.09. The number of esters is 1. The van der Waals surface area contributed by atoms with Crippen molar-refractivity contribution < 1.29 is 19.4 Å². The van der Waals surface area contributed by atoms with Gasteiger partial charge in [-0.3, -0.25) is 9.59 Å². The minimum Gasteiger partial charge on any atom is -0.469 e. The van der Waals surface area contributed by atoms with Crippen molar-refractivity contribution in [2.45, 2.75) is 50.7 Å². The summed E-state index contributed by atoms with van der Waals surface area (Å²) in [7, 11) is 1.38. The minimum absolute atomic E-state index is 0.103. The lowest BCUT2D eigenvalue weighted by atomic mass is 10.1. The SMILES string of the molecule is CCC(=O)SC(CCO)CCCCC(=O)OC. The Balaban J connectivity index is 3.76. The largest absolute Gasteiger partial charge is 0.469 e. The van der Waals surface area contributed by atoms with Gasteiger partial charge in [0, 0.05) is 24.7 Å². The van der Waals surface area contributed by atoms with Gasteiger partial charge in [0.1, 0.15) is 0 Å². The maximum atomic E-state index is 11.3. The van der Waals surface area contributed by atoms with Crippen LogP contribution in [0.25, 0.3) is 0 Å². The molecule has 1 N–H and O–H groups in total. The summed E-state index contributed by atoms with van der Waals surface area (Å²) in [4.78, 5) is 22.2. The van der Waals surface area contributed by atoms with Crippen LogP contribution in [0.5, 0.6) is 0 Å². The van der Waals surface area contributed by atoms with E-state index >= 15 is 0 Å². The van der Waals surface area contributed by atoms with Crippen LogP contribution in [0.2, 0.25) is 0 Å². The fourth-order valence-electron chi connectivity index (χ4n) is 1.42. The Morgan fingerprint density at radius 1 is 1.29 bits per heavy atom. The average molecular weight is 262 g/mol. The summed E-state index contributed by atoms with van der Waals surface area (Å²) in [6, 6.07) is 0. The predicted octanol–water partition coefficient (Wildman–Crippen LogP) is 2.14. The summed E-state index contributed by atoms with van der Waals surface area (Å²) < 4.78 is 4.55. The normalized spacial score (nSPS) is 12.2. The molecule has 5 heteroatoms. The van der Waals surface area contributed by atoms with E-state index in [0.717, 1.165) is 19.3 Å².